The topological polar surface area (TPSA) is 65.7 Å². The average Bonchev–Trinajstić information content (AvgIpc) is 3.36. The minimum atomic E-state index is 0. The van der Waals surface area contributed by atoms with E-state index in [4.69, 9.17) is 4.42 Å². The number of halogens is 1. The molecule has 1 fully saturated rings. The van der Waals surface area contributed by atoms with Gasteiger partial charge in [0.25, 0.3) is 0 Å². The van der Waals surface area contributed by atoms with Crippen molar-refractivity contribution in [1.82, 2.24) is 20.5 Å². The van der Waals surface area contributed by atoms with E-state index < -0.39 is 0 Å². The van der Waals surface area contributed by atoms with Crippen LogP contribution in [0.5, 0.6) is 0 Å². The van der Waals surface area contributed by atoms with Crippen LogP contribution in [-0.4, -0.2) is 49.1 Å². The molecule has 2 N–H and O–H groups in total. The van der Waals surface area contributed by atoms with Crippen LogP contribution >= 0.6 is 35.3 Å². The molecule has 1 unspecified atom stereocenters. The van der Waals surface area contributed by atoms with Crippen LogP contribution in [0.4, 0.5) is 0 Å². The lowest BCUT2D eigenvalue weighted by Gasteiger charge is -2.33. The zero-order chi connectivity index (χ0) is 18.9. The van der Waals surface area contributed by atoms with Gasteiger partial charge in [-0.3, -0.25) is 9.89 Å². The molecule has 156 valence electrons. The summed E-state index contributed by atoms with van der Waals surface area (Å²) in [5.74, 6) is 1.87. The Morgan fingerprint density at radius 1 is 1.32 bits per heavy atom. The molecule has 28 heavy (non-hydrogen) atoms. The Balaban J connectivity index is 0.00000280. The largest absolute Gasteiger partial charge is 0.468 e. The molecule has 0 aliphatic carbocycles. The predicted octanol–water partition coefficient (Wildman–Crippen LogP) is 3.99. The summed E-state index contributed by atoms with van der Waals surface area (Å²) in [6, 6.07) is 4.30. The first kappa shape index (κ1) is 23.2. The summed E-state index contributed by atoms with van der Waals surface area (Å²) in [6.45, 7) is 5.98. The van der Waals surface area contributed by atoms with Crippen molar-refractivity contribution in [3.8, 4) is 0 Å². The van der Waals surface area contributed by atoms with E-state index in [-0.39, 0.29) is 30.0 Å². The summed E-state index contributed by atoms with van der Waals surface area (Å²) < 4.78 is 5.72. The minimum Gasteiger partial charge on any atom is -0.468 e. The number of piperidine rings is 1. The van der Waals surface area contributed by atoms with Crippen molar-refractivity contribution in [3.05, 3.63) is 40.2 Å². The second-order valence-electron chi connectivity index (χ2n) is 6.99. The fraction of sp³-hybridized carbons (Fsp3) is 0.600. The summed E-state index contributed by atoms with van der Waals surface area (Å²) in [6.07, 6.45) is 7.67. The van der Waals surface area contributed by atoms with Crippen molar-refractivity contribution < 1.29 is 4.42 Å². The van der Waals surface area contributed by atoms with Crippen LogP contribution < -0.4 is 10.6 Å². The minimum absolute atomic E-state index is 0. The Bertz CT molecular complexity index is 697. The maximum Gasteiger partial charge on any atom is 0.191 e. The predicted molar refractivity (Wildman–Crippen MR) is 127 cm³/mol. The third kappa shape index (κ3) is 7.04. The van der Waals surface area contributed by atoms with Crippen LogP contribution in [-0.2, 0) is 6.42 Å². The number of aromatic nitrogens is 1. The number of aryl methyl sites for hydroxylation is 2. The smallest absolute Gasteiger partial charge is 0.191 e. The molecule has 2 aromatic heterocycles. The molecule has 0 amide bonds. The van der Waals surface area contributed by atoms with E-state index in [2.05, 4.69) is 37.0 Å². The quantitative estimate of drug-likeness (QED) is 0.240. The van der Waals surface area contributed by atoms with Gasteiger partial charge in [-0.05, 0) is 51.4 Å². The van der Waals surface area contributed by atoms with E-state index in [1.165, 1.54) is 24.3 Å². The van der Waals surface area contributed by atoms with Crippen molar-refractivity contribution in [3.63, 3.8) is 0 Å². The van der Waals surface area contributed by atoms with Gasteiger partial charge in [-0.2, -0.15) is 0 Å². The Kier molecular flexibility index (Phi) is 10.3. The number of thiazole rings is 1. The van der Waals surface area contributed by atoms with Gasteiger partial charge in [-0.15, -0.1) is 35.3 Å². The third-order valence-electron chi connectivity index (χ3n) is 4.92. The van der Waals surface area contributed by atoms with Gasteiger partial charge in [0, 0.05) is 37.6 Å². The van der Waals surface area contributed by atoms with E-state index in [0.29, 0.717) is 0 Å². The lowest BCUT2D eigenvalue weighted by Crippen LogP contribution is -2.44. The van der Waals surface area contributed by atoms with E-state index in [0.717, 1.165) is 56.4 Å². The zero-order valence-corrected chi connectivity index (χ0v) is 20.0. The van der Waals surface area contributed by atoms with Crippen molar-refractivity contribution in [2.75, 3.05) is 33.2 Å². The molecule has 1 atom stereocenters. The second kappa shape index (κ2) is 12.4. The summed E-state index contributed by atoms with van der Waals surface area (Å²) >= 11 is 1.74. The zero-order valence-electron chi connectivity index (χ0n) is 16.8. The molecule has 0 aromatic carbocycles. The molecule has 6 nitrogen and oxygen atoms in total. The highest BCUT2D eigenvalue weighted by Gasteiger charge is 2.24. The van der Waals surface area contributed by atoms with Crippen LogP contribution in [0, 0.1) is 6.92 Å². The van der Waals surface area contributed by atoms with E-state index >= 15 is 0 Å². The molecule has 0 radical (unpaired) electrons. The Morgan fingerprint density at radius 2 is 2.14 bits per heavy atom. The molecule has 0 spiro atoms. The molecule has 1 saturated heterocycles. The van der Waals surface area contributed by atoms with E-state index in [1.807, 2.05) is 20.0 Å². The van der Waals surface area contributed by atoms with Gasteiger partial charge in [0.05, 0.1) is 17.3 Å². The normalized spacial score (nSPS) is 16.4. The molecular weight excluding hydrogens is 485 g/mol. The number of hydrogen-bond donors (Lipinski definition) is 2. The van der Waals surface area contributed by atoms with Crippen LogP contribution in [0.1, 0.15) is 48.2 Å². The number of rotatable bonds is 8. The number of guanidine groups is 1. The van der Waals surface area contributed by atoms with Gasteiger partial charge in [0.2, 0.25) is 0 Å². The fourth-order valence-electron chi connectivity index (χ4n) is 3.50. The molecule has 3 rings (SSSR count). The Hall–Kier alpha value is -1.13. The van der Waals surface area contributed by atoms with Crippen LogP contribution in [0.2, 0.25) is 0 Å². The number of hydrogen-bond acceptors (Lipinski definition) is 5. The number of nitrogens with zero attached hydrogens (tertiary/aromatic N) is 3. The first-order chi connectivity index (χ1) is 13.3. The Labute approximate surface area is 189 Å². The van der Waals surface area contributed by atoms with Gasteiger partial charge in [-0.1, -0.05) is 6.42 Å². The third-order valence-corrected chi connectivity index (χ3v) is 5.94. The van der Waals surface area contributed by atoms with Gasteiger partial charge in [0.1, 0.15) is 5.76 Å². The van der Waals surface area contributed by atoms with Gasteiger partial charge < -0.3 is 15.1 Å². The maximum atomic E-state index is 5.72. The summed E-state index contributed by atoms with van der Waals surface area (Å²) in [4.78, 5) is 11.4. The van der Waals surface area contributed by atoms with Crippen molar-refractivity contribution >= 4 is 41.3 Å². The summed E-state index contributed by atoms with van der Waals surface area (Å²) in [7, 11) is 1.82. The molecule has 1 aliphatic rings. The average molecular weight is 517 g/mol. The van der Waals surface area contributed by atoms with Crippen molar-refractivity contribution in [2.24, 2.45) is 4.99 Å². The fourth-order valence-corrected chi connectivity index (χ4v) is 4.32. The maximum absolute atomic E-state index is 5.72. The Morgan fingerprint density at radius 3 is 2.79 bits per heavy atom. The van der Waals surface area contributed by atoms with Gasteiger partial charge in [-0.25, -0.2) is 4.98 Å². The van der Waals surface area contributed by atoms with Crippen molar-refractivity contribution in [2.45, 2.75) is 45.1 Å². The molecule has 3 heterocycles. The van der Waals surface area contributed by atoms with E-state index in [9.17, 15) is 0 Å². The SMILES string of the molecule is CN=C(NCCCc1nc(C)cs1)NCC(c1ccco1)N1CCCCC1.I. The number of furan rings is 1. The van der Waals surface area contributed by atoms with Crippen LogP contribution in [0.15, 0.2) is 33.2 Å². The molecule has 0 saturated carbocycles. The number of nitrogens with one attached hydrogen (secondary N) is 2. The molecule has 8 heteroatoms. The first-order valence-electron chi connectivity index (χ1n) is 9.89. The highest BCUT2D eigenvalue weighted by Crippen LogP contribution is 2.24. The molecular formula is C20H32IN5OS. The van der Waals surface area contributed by atoms with Crippen LogP contribution in [0.25, 0.3) is 0 Å². The highest BCUT2D eigenvalue weighted by atomic mass is 127. The molecule has 0 bridgehead atoms. The van der Waals surface area contributed by atoms with Crippen LogP contribution in [0.3, 0.4) is 0 Å². The highest BCUT2D eigenvalue weighted by molar-refractivity contribution is 14.0. The number of aliphatic imine (C=N–C) groups is 1. The molecule has 2 aromatic rings. The lowest BCUT2D eigenvalue weighted by molar-refractivity contribution is 0.146. The standard InChI is InChI=1S/C20H31N5OS.HI/c1-16-15-27-19(24-16)9-6-10-22-20(21-2)23-14-17(18-8-7-13-26-18)25-11-4-3-5-12-25;/h7-8,13,15,17H,3-6,9-12,14H2,1-2H3,(H2,21,22,23);1H. The monoisotopic (exact) mass is 517 g/mol. The lowest BCUT2D eigenvalue weighted by atomic mass is 10.1. The second-order valence-corrected chi connectivity index (χ2v) is 7.94. The van der Waals surface area contributed by atoms with E-state index in [1.54, 1.807) is 17.6 Å². The van der Waals surface area contributed by atoms with Gasteiger partial charge >= 0.3 is 0 Å². The summed E-state index contributed by atoms with van der Waals surface area (Å²) in [5, 5.41) is 10.2. The number of likely N-dealkylation sites (tertiary alicyclic amines) is 1. The first-order valence-corrected chi connectivity index (χ1v) is 10.8. The van der Waals surface area contributed by atoms with Gasteiger partial charge in [0.15, 0.2) is 5.96 Å². The summed E-state index contributed by atoms with van der Waals surface area (Å²) in [5.41, 5.74) is 1.11. The molecule has 1 aliphatic heterocycles. The van der Waals surface area contributed by atoms with Crippen molar-refractivity contribution in [1.29, 1.82) is 0 Å².